The zero-order chi connectivity index (χ0) is 43.4. The first-order valence-corrected chi connectivity index (χ1v) is 25.2. The monoisotopic (exact) mass is 837 g/mol. The van der Waals surface area contributed by atoms with E-state index in [1.807, 2.05) is 72.8 Å². The van der Waals surface area contributed by atoms with Gasteiger partial charge < -0.3 is 9.47 Å². The molecule has 0 saturated heterocycles. The van der Waals surface area contributed by atoms with Crippen LogP contribution in [0.5, 0.6) is 11.5 Å². The van der Waals surface area contributed by atoms with E-state index in [1.165, 1.54) is 167 Å². The fourth-order valence-electron chi connectivity index (χ4n) is 7.77. The second-order valence-electron chi connectivity index (χ2n) is 17.3. The minimum Gasteiger partial charge on any atom is -0.494 e. The molecule has 2 aromatic heterocycles. The van der Waals surface area contributed by atoms with Crippen molar-refractivity contribution in [3.63, 3.8) is 0 Å². The molecule has 334 valence electrons. The van der Waals surface area contributed by atoms with Gasteiger partial charge in [0, 0.05) is 34.6 Å². The van der Waals surface area contributed by atoms with Crippen LogP contribution in [0.15, 0.2) is 85.2 Å². The molecule has 0 aliphatic rings. The van der Waals surface area contributed by atoms with Crippen LogP contribution >= 0.6 is 0 Å². The molecule has 0 fully saturated rings. The third-order valence-corrected chi connectivity index (χ3v) is 11.7. The Morgan fingerprint density at radius 2 is 0.565 bits per heavy atom. The van der Waals surface area contributed by atoms with E-state index < -0.39 is 0 Å². The van der Waals surface area contributed by atoms with E-state index in [1.54, 1.807) is 12.4 Å². The van der Waals surface area contributed by atoms with Gasteiger partial charge in [0.15, 0.2) is 0 Å². The van der Waals surface area contributed by atoms with Gasteiger partial charge in [0.2, 0.25) is 0 Å². The minimum absolute atomic E-state index is 0.774. The first kappa shape index (κ1) is 50.1. The van der Waals surface area contributed by atoms with Crippen molar-refractivity contribution in [1.82, 2.24) is 9.97 Å². The van der Waals surface area contributed by atoms with Gasteiger partial charge in [0.25, 0.3) is 0 Å². The molecule has 0 radical (unpaired) electrons. The molecule has 4 heteroatoms. The number of pyridine rings is 2. The van der Waals surface area contributed by atoms with Gasteiger partial charge in [-0.25, -0.2) is 0 Å². The molecule has 4 aromatic rings. The van der Waals surface area contributed by atoms with E-state index in [0.29, 0.717) is 0 Å². The number of aromatic nitrogens is 2. The Balaban J connectivity index is 1.04. The highest BCUT2D eigenvalue weighted by atomic mass is 16.5. The van der Waals surface area contributed by atoms with Crippen LogP contribution in [-0.4, -0.2) is 23.2 Å². The molecule has 0 aliphatic heterocycles. The Kier molecular flexibility index (Phi) is 27.5. The second kappa shape index (κ2) is 34.0. The maximum Gasteiger partial charge on any atom is 0.119 e. The zero-order valence-corrected chi connectivity index (χ0v) is 39.0. The molecule has 62 heavy (non-hydrogen) atoms. The molecule has 2 aromatic carbocycles. The van der Waals surface area contributed by atoms with E-state index in [2.05, 4.69) is 47.5 Å². The fraction of sp³-hybridized carbons (Fsp3) is 0.552. The van der Waals surface area contributed by atoms with Gasteiger partial charge in [-0.2, -0.15) is 0 Å². The number of ether oxygens (including phenoxy) is 2. The van der Waals surface area contributed by atoms with Gasteiger partial charge in [-0.3, -0.25) is 9.97 Å². The van der Waals surface area contributed by atoms with Crippen molar-refractivity contribution in [2.24, 2.45) is 0 Å². The summed E-state index contributed by atoms with van der Waals surface area (Å²) in [4.78, 5) is 9.25. The normalized spacial score (nSPS) is 10.8. The molecule has 0 spiro atoms. The average molecular weight is 837 g/mol. The predicted octanol–water partition coefficient (Wildman–Crippen LogP) is 16.7. The number of unbranched alkanes of at least 4 members (excludes halogenated alkanes) is 26. The van der Waals surface area contributed by atoms with Crippen molar-refractivity contribution < 1.29 is 9.47 Å². The van der Waals surface area contributed by atoms with Crippen LogP contribution in [0.3, 0.4) is 0 Å². The smallest absolute Gasteiger partial charge is 0.119 e. The lowest BCUT2D eigenvalue weighted by molar-refractivity contribution is 0.304. The topological polar surface area (TPSA) is 44.2 Å². The molecular weight excluding hydrogens is 757 g/mol. The Bertz CT molecular complexity index is 1670. The summed E-state index contributed by atoms with van der Waals surface area (Å²) in [5.41, 5.74) is 5.24. The molecule has 0 amide bonds. The molecule has 4 rings (SSSR count). The van der Waals surface area contributed by atoms with Gasteiger partial charge in [-0.1, -0.05) is 204 Å². The quantitative estimate of drug-likeness (QED) is 0.0354. The fourth-order valence-corrected chi connectivity index (χ4v) is 7.77. The van der Waals surface area contributed by atoms with Crippen LogP contribution in [0.1, 0.15) is 216 Å². The van der Waals surface area contributed by atoms with Crippen LogP contribution in [0.25, 0.3) is 11.4 Å². The van der Waals surface area contributed by atoms with E-state index in [4.69, 9.17) is 9.47 Å². The van der Waals surface area contributed by atoms with E-state index in [9.17, 15) is 0 Å². The molecule has 4 nitrogen and oxygen atoms in total. The van der Waals surface area contributed by atoms with Crippen LogP contribution in [0, 0.1) is 23.7 Å². The van der Waals surface area contributed by atoms with Crippen molar-refractivity contribution in [3.8, 4) is 46.6 Å². The third kappa shape index (κ3) is 23.6. The summed E-state index contributed by atoms with van der Waals surface area (Å²) >= 11 is 0. The maximum atomic E-state index is 5.99. The largest absolute Gasteiger partial charge is 0.494 e. The van der Waals surface area contributed by atoms with E-state index in [0.717, 1.165) is 71.2 Å². The standard InChI is InChI=1S/C58H80N2O2/c1-3-5-7-9-11-13-15-17-19-21-23-25-27-29-47-61-55-41-35-51(36-42-55)31-33-53-39-45-57(59-49-53)58-46-40-54(50-60-58)34-32-52-37-43-56(44-38-52)62-48-30-28-26-24-22-20-18-16-14-12-10-8-6-4-2/h35-46,49-50H,3-30,47-48H2,1-2H3. The summed E-state index contributed by atoms with van der Waals surface area (Å²) in [6, 6.07) is 24.1. The van der Waals surface area contributed by atoms with Crippen LogP contribution in [0.4, 0.5) is 0 Å². The van der Waals surface area contributed by atoms with Crippen molar-refractivity contribution in [2.75, 3.05) is 13.2 Å². The number of rotatable bonds is 33. The average Bonchev–Trinajstić information content (AvgIpc) is 3.31. The highest BCUT2D eigenvalue weighted by Crippen LogP contribution is 2.19. The van der Waals surface area contributed by atoms with Gasteiger partial charge in [0.05, 0.1) is 24.6 Å². The molecular formula is C58H80N2O2. The van der Waals surface area contributed by atoms with Crippen molar-refractivity contribution >= 4 is 0 Å². The summed E-state index contributed by atoms with van der Waals surface area (Å²) in [5, 5.41) is 0. The lowest BCUT2D eigenvalue weighted by Gasteiger charge is -2.06. The van der Waals surface area contributed by atoms with Crippen molar-refractivity contribution in [2.45, 2.75) is 194 Å². The first-order chi connectivity index (χ1) is 30.7. The molecule has 0 atom stereocenters. The lowest BCUT2D eigenvalue weighted by atomic mass is 10.0. The highest BCUT2D eigenvalue weighted by Gasteiger charge is 2.03. The summed E-state index contributed by atoms with van der Waals surface area (Å²) in [6.45, 7) is 6.12. The Morgan fingerprint density at radius 3 is 0.839 bits per heavy atom. The minimum atomic E-state index is 0.774. The molecule has 0 aliphatic carbocycles. The molecule has 0 saturated carbocycles. The maximum absolute atomic E-state index is 5.99. The van der Waals surface area contributed by atoms with Gasteiger partial charge in [-0.05, 0) is 85.6 Å². The molecule has 0 N–H and O–H groups in total. The van der Waals surface area contributed by atoms with Gasteiger partial charge in [0.1, 0.15) is 11.5 Å². The molecule has 0 bridgehead atoms. The van der Waals surface area contributed by atoms with Crippen LogP contribution in [0.2, 0.25) is 0 Å². The van der Waals surface area contributed by atoms with Crippen molar-refractivity contribution in [1.29, 1.82) is 0 Å². The van der Waals surface area contributed by atoms with Gasteiger partial charge in [-0.15, -0.1) is 0 Å². The predicted molar refractivity (Wildman–Crippen MR) is 264 cm³/mol. The summed E-state index contributed by atoms with van der Waals surface area (Å²) < 4.78 is 12.0. The number of benzene rings is 2. The lowest BCUT2D eigenvalue weighted by Crippen LogP contribution is -1.97. The summed E-state index contributed by atoms with van der Waals surface area (Å²) in [6.07, 6.45) is 41.9. The SMILES string of the molecule is CCCCCCCCCCCCCCCCOc1ccc(C#Cc2ccc(-c3ccc(C#Cc4ccc(OCCCCCCCCCCCCCCCC)cc4)cn3)nc2)cc1. The zero-order valence-electron chi connectivity index (χ0n) is 39.0. The van der Waals surface area contributed by atoms with E-state index in [-0.39, 0.29) is 0 Å². The number of hydrogen-bond acceptors (Lipinski definition) is 4. The summed E-state index contributed by atoms with van der Waals surface area (Å²) in [5.74, 6) is 14.8. The molecule has 0 unspecified atom stereocenters. The summed E-state index contributed by atoms with van der Waals surface area (Å²) in [7, 11) is 0. The third-order valence-electron chi connectivity index (χ3n) is 11.7. The Labute approximate surface area is 378 Å². The second-order valence-corrected chi connectivity index (χ2v) is 17.3. The number of nitrogens with zero attached hydrogens (tertiary/aromatic N) is 2. The van der Waals surface area contributed by atoms with Crippen LogP contribution < -0.4 is 9.47 Å². The Morgan fingerprint density at radius 1 is 0.306 bits per heavy atom. The van der Waals surface area contributed by atoms with E-state index >= 15 is 0 Å². The van der Waals surface area contributed by atoms with Gasteiger partial charge >= 0.3 is 0 Å². The molecule has 2 heterocycles. The first-order valence-electron chi connectivity index (χ1n) is 25.2. The highest BCUT2D eigenvalue weighted by molar-refractivity contribution is 5.57. The van der Waals surface area contributed by atoms with Crippen molar-refractivity contribution in [3.05, 3.63) is 107 Å². The number of hydrogen-bond donors (Lipinski definition) is 0. The van der Waals surface area contributed by atoms with Crippen LogP contribution in [-0.2, 0) is 0 Å². The Hall–Kier alpha value is -4.54.